The van der Waals surface area contributed by atoms with Crippen molar-refractivity contribution in [1.82, 2.24) is 20.1 Å². The van der Waals surface area contributed by atoms with Gasteiger partial charge >= 0.3 is 0 Å². The average Bonchev–Trinajstić information content (AvgIpc) is 3.10. The Hall–Kier alpha value is -1.21. The maximum absolute atomic E-state index is 12.2. The van der Waals surface area contributed by atoms with Crippen LogP contribution in [0, 0.1) is 4.77 Å². The van der Waals surface area contributed by atoms with Crippen molar-refractivity contribution < 1.29 is 9.53 Å². The van der Waals surface area contributed by atoms with Crippen LogP contribution < -0.4 is 5.32 Å². The van der Waals surface area contributed by atoms with Crippen LogP contribution >= 0.6 is 12.2 Å². The molecule has 1 aromatic heterocycles. The molecule has 3 rings (SSSR count). The molecular formula is C13H20N4O2S. The number of aromatic amines is 1. The lowest BCUT2D eigenvalue weighted by molar-refractivity contribution is -0.122. The van der Waals surface area contributed by atoms with Gasteiger partial charge < -0.3 is 10.1 Å². The monoisotopic (exact) mass is 296 g/mol. The van der Waals surface area contributed by atoms with Crippen molar-refractivity contribution in [3.63, 3.8) is 0 Å². The van der Waals surface area contributed by atoms with Crippen LogP contribution in [0.3, 0.4) is 0 Å². The molecule has 3 unspecified atom stereocenters. The Morgan fingerprint density at radius 2 is 2.45 bits per heavy atom. The zero-order chi connectivity index (χ0) is 14.1. The number of ether oxygens (including phenoxy) is 1. The highest BCUT2D eigenvalue weighted by atomic mass is 32.1. The number of fused-ring (bicyclic) bond motifs is 2. The number of carbonyl (C=O) groups is 1. The van der Waals surface area contributed by atoms with Crippen LogP contribution in [-0.4, -0.2) is 38.9 Å². The molecule has 0 aromatic carbocycles. The fourth-order valence-corrected chi connectivity index (χ4v) is 3.33. The molecule has 2 aliphatic heterocycles. The number of carbonyl (C=O) groups excluding carboxylic acids is 1. The molecule has 0 aliphatic carbocycles. The molecule has 2 N–H and O–H groups in total. The zero-order valence-corrected chi connectivity index (χ0v) is 12.4. The summed E-state index contributed by atoms with van der Waals surface area (Å²) in [5.74, 6) is 0.831. The minimum Gasteiger partial charge on any atom is -0.373 e. The van der Waals surface area contributed by atoms with Crippen LogP contribution in [0.5, 0.6) is 0 Å². The number of H-pyrrole nitrogens is 1. The van der Waals surface area contributed by atoms with Crippen molar-refractivity contribution in [2.24, 2.45) is 0 Å². The molecule has 6 nitrogen and oxygen atoms in total. The minimum absolute atomic E-state index is 0.0130. The molecule has 0 saturated carbocycles. The fraction of sp³-hybridized carbons (Fsp3) is 0.769. The van der Waals surface area contributed by atoms with Crippen molar-refractivity contribution in [1.29, 1.82) is 0 Å². The number of nitrogens with zero attached hydrogens (tertiary/aromatic N) is 2. The van der Waals surface area contributed by atoms with E-state index in [4.69, 9.17) is 17.0 Å². The molecule has 2 bridgehead atoms. The second-order valence-electron chi connectivity index (χ2n) is 5.56. The van der Waals surface area contributed by atoms with Crippen molar-refractivity contribution in [3.05, 3.63) is 10.6 Å². The molecule has 1 aromatic rings. The predicted molar refractivity (Wildman–Crippen MR) is 75.8 cm³/mol. The number of nitrogens with one attached hydrogen (secondary N) is 2. The second kappa shape index (κ2) is 5.65. The normalized spacial score (nSPS) is 27.9. The number of aryl methyl sites for hydroxylation is 1. The van der Waals surface area contributed by atoms with Gasteiger partial charge in [-0.05, 0) is 37.9 Å². The molecule has 0 spiro atoms. The lowest BCUT2D eigenvalue weighted by Gasteiger charge is -2.20. The van der Waals surface area contributed by atoms with Gasteiger partial charge in [-0.2, -0.15) is 5.10 Å². The van der Waals surface area contributed by atoms with E-state index in [1.165, 1.54) is 0 Å². The summed E-state index contributed by atoms with van der Waals surface area (Å²) >= 11 is 5.18. The lowest BCUT2D eigenvalue weighted by Crippen LogP contribution is -2.42. The first-order valence-corrected chi connectivity index (χ1v) is 7.67. The van der Waals surface area contributed by atoms with Crippen molar-refractivity contribution in [2.45, 2.75) is 63.8 Å². The smallest absolute Gasteiger partial charge is 0.240 e. The van der Waals surface area contributed by atoms with E-state index >= 15 is 0 Å². The molecule has 1 amide bonds. The summed E-state index contributed by atoms with van der Waals surface area (Å²) < 4.78 is 8.03. The van der Waals surface area contributed by atoms with E-state index in [0.29, 0.717) is 10.9 Å². The quantitative estimate of drug-likeness (QED) is 0.804. The van der Waals surface area contributed by atoms with Crippen molar-refractivity contribution >= 4 is 18.1 Å². The van der Waals surface area contributed by atoms with Crippen LogP contribution in [0.2, 0.25) is 0 Å². The summed E-state index contributed by atoms with van der Waals surface area (Å²) in [6.45, 7) is 2.31. The van der Waals surface area contributed by atoms with Crippen molar-refractivity contribution in [2.75, 3.05) is 0 Å². The second-order valence-corrected chi connectivity index (χ2v) is 5.95. The number of hydrogen-bond donors (Lipinski definition) is 2. The first-order chi connectivity index (χ1) is 9.67. The van der Waals surface area contributed by atoms with Crippen LogP contribution in [0.15, 0.2) is 0 Å². The van der Waals surface area contributed by atoms with Crippen LogP contribution in [-0.2, 0) is 22.5 Å². The number of hydrogen-bond acceptors (Lipinski definition) is 4. The lowest BCUT2D eigenvalue weighted by atomic mass is 9.95. The Balaban J connectivity index is 1.61. The van der Waals surface area contributed by atoms with Gasteiger partial charge in [-0.1, -0.05) is 6.92 Å². The molecule has 20 heavy (non-hydrogen) atoms. The van der Waals surface area contributed by atoms with Crippen molar-refractivity contribution in [3.8, 4) is 0 Å². The first kappa shape index (κ1) is 13.8. The molecule has 2 saturated heterocycles. The molecule has 2 aliphatic rings. The molecule has 3 atom stereocenters. The maximum atomic E-state index is 12.2. The first-order valence-electron chi connectivity index (χ1n) is 7.26. The average molecular weight is 296 g/mol. The summed E-state index contributed by atoms with van der Waals surface area (Å²) in [5, 5.41) is 10.0. The van der Waals surface area contributed by atoms with Gasteiger partial charge in [-0.3, -0.25) is 14.5 Å². The van der Waals surface area contributed by atoms with Gasteiger partial charge in [0.2, 0.25) is 5.91 Å². The van der Waals surface area contributed by atoms with Gasteiger partial charge in [0.05, 0.1) is 18.2 Å². The highest BCUT2D eigenvalue weighted by molar-refractivity contribution is 7.71. The Labute approximate surface area is 122 Å². The fourth-order valence-electron chi connectivity index (χ4n) is 3.11. The number of amides is 1. The SMILES string of the molecule is CCCc1n[nH]c(=S)n1CC(=O)NC1CC2CCC1O2. The highest BCUT2D eigenvalue weighted by Gasteiger charge is 2.41. The molecular weight excluding hydrogens is 276 g/mol. The maximum Gasteiger partial charge on any atom is 0.240 e. The van der Waals surface area contributed by atoms with Crippen LogP contribution in [0.4, 0.5) is 0 Å². The van der Waals surface area contributed by atoms with Crippen LogP contribution in [0.1, 0.15) is 38.4 Å². The highest BCUT2D eigenvalue weighted by Crippen LogP contribution is 2.34. The molecule has 3 heterocycles. The third-order valence-electron chi connectivity index (χ3n) is 4.07. The Bertz CT molecular complexity index is 553. The Morgan fingerprint density at radius 1 is 1.60 bits per heavy atom. The van der Waals surface area contributed by atoms with E-state index in [2.05, 4.69) is 22.4 Å². The summed E-state index contributed by atoms with van der Waals surface area (Å²) in [7, 11) is 0. The Kier molecular flexibility index (Phi) is 3.89. The summed E-state index contributed by atoms with van der Waals surface area (Å²) in [6, 6.07) is 0.164. The molecule has 7 heteroatoms. The van der Waals surface area contributed by atoms with Crippen LogP contribution in [0.25, 0.3) is 0 Å². The van der Waals surface area contributed by atoms with Gasteiger partial charge in [0, 0.05) is 6.42 Å². The molecule has 110 valence electrons. The van der Waals surface area contributed by atoms with Gasteiger partial charge in [-0.15, -0.1) is 0 Å². The molecule has 2 fully saturated rings. The van der Waals surface area contributed by atoms with E-state index in [-0.39, 0.29) is 24.6 Å². The molecule has 0 radical (unpaired) electrons. The third-order valence-corrected chi connectivity index (χ3v) is 4.38. The van der Waals surface area contributed by atoms with Gasteiger partial charge in [0.25, 0.3) is 0 Å². The van der Waals surface area contributed by atoms with Gasteiger partial charge in [-0.25, -0.2) is 0 Å². The van der Waals surface area contributed by atoms with E-state index in [0.717, 1.165) is 37.9 Å². The standard InChI is InChI=1S/C13H20N4O2S/c1-2-3-11-15-16-13(20)17(11)7-12(18)14-9-6-8-4-5-10(9)19-8/h8-10H,2-7H2,1H3,(H,14,18)(H,16,20). The largest absolute Gasteiger partial charge is 0.373 e. The topological polar surface area (TPSA) is 71.9 Å². The van der Waals surface area contributed by atoms with Gasteiger partial charge in [0.15, 0.2) is 4.77 Å². The van der Waals surface area contributed by atoms with E-state index in [1.807, 2.05) is 0 Å². The minimum atomic E-state index is -0.0130. The zero-order valence-electron chi connectivity index (χ0n) is 11.6. The van der Waals surface area contributed by atoms with E-state index < -0.39 is 0 Å². The summed E-state index contributed by atoms with van der Waals surface area (Å²) in [5.41, 5.74) is 0. The van der Waals surface area contributed by atoms with E-state index in [1.54, 1.807) is 4.57 Å². The van der Waals surface area contributed by atoms with Gasteiger partial charge in [0.1, 0.15) is 12.4 Å². The number of aromatic nitrogens is 3. The third kappa shape index (κ3) is 2.64. The predicted octanol–water partition coefficient (Wildman–Crippen LogP) is 1.33. The summed E-state index contributed by atoms with van der Waals surface area (Å²) in [6.07, 6.45) is 5.47. The van der Waals surface area contributed by atoms with E-state index in [9.17, 15) is 4.79 Å². The number of rotatable bonds is 5. The Morgan fingerprint density at radius 3 is 3.10 bits per heavy atom. The summed E-state index contributed by atoms with van der Waals surface area (Å²) in [4.78, 5) is 12.2.